The number of aromatic nitrogens is 4. The van der Waals surface area contributed by atoms with Gasteiger partial charge >= 0.3 is 0 Å². The van der Waals surface area contributed by atoms with Crippen LogP contribution in [0.15, 0.2) is 36.7 Å². The Hall–Kier alpha value is -3.72. The van der Waals surface area contributed by atoms with Gasteiger partial charge in [-0.3, -0.25) is 4.40 Å². The van der Waals surface area contributed by atoms with Gasteiger partial charge in [-0.15, -0.1) is 0 Å². The van der Waals surface area contributed by atoms with E-state index in [2.05, 4.69) is 34.3 Å². The summed E-state index contributed by atoms with van der Waals surface area (Å²) in [7, 11) is 2.15. The Balaban J connectivity index is 1.31. The normalized spacial score (nSPS) is 15.8. The Morgan fingerprint density at radius 1 is 1.03 bits per heavy atom. The molecule has 9 heteroatoms. The lowest BCUT2D eigenvalue weighted by Crippen LogP contribution is -2.44. The van der Waals surface area contributed by atoms with Crippen LogP contribution >= 0.6 is 0 Å². The van der Waals surface area contributed by atoms with Crippen LogP contribution in [0.1, 0.15) is 22.5 Å². The largest absolute Gasteiger partial charge is 0.493 e. The fraction of sp³-hybridized carbons (Fsp3) is 0.370. The van der Waals surface area contributed by atoms with Crippen molar-refractivity contribution in [2.75, 3.05) is 50.1 Å². The third-order valence-corrected chi connectivity index (χ3v) is 7.16. The Kier molecular flexibility index (Phi) is 5.72. The number of likely N-dealkylation sites (N-methyl/N-ethyl adjacent to an activating group) is 1. The first kappa shape index (κ1) is 22.7. The molecule has 6 rings (SSSR count). The summed E-state index contributed by atoms with van der Waals surface area (Å²) in [6, 6.07) is 7.38. The average Bonchev–Trinajstić information content (AvgIpc) is 3.50. The van der Waals surface area contributed by atoms with E-state index in [4.69, 9.17) is 19.7 Å². The zero-order chi connectivity index (χ0) is 24.8. The zero-order valence-electron chi connectivity index (χ0n) is 20.9. The topological polar surface area (TPSA) is 70.8 Å². The molecule has 1 saturated heterocycles. The van der Waals surface area contributed by atoms with Crippen molar-refractivity contribution in [2.24, 2.45) is 0 Å². The molecule has 1 fully saturated rings. The van der Waals surface area contributed by atoms with Gasteiger partial charge in [-0.2, -0.15) is 0 Å². The number of ether oxygens (including phenoxy) is 1. The quantitative estimate of drug-likeness (QED) is 0.459. The number of nitrogens with one attached hydrogen (secondary N) is 1. The van der Waals surface area contributed by atoms with Gasteiger partial charge in [0.1, 0.15) is 23.0 Å². The number of pyridine rings is 1. The van der Waals surface area contributed by atoms with E-state index in [9.17, 15) is 4.39 Å². The van der Waals surface area contributed by atoms with Crippen molar-refractivity contribution in [2.45, 2.75) is 26.8 Å². The molecule has 3 aromatic heterocycles. The first-order valence-corrected chi connectivity index (χ1v) is 12.4. The van der Waals surface area contributed by atoms with Gasteiger partial charge in [-0.1, -0.05) is 0 Å². The smallest absolute Gasteiger partial charge is 0.208 e. The van der Waals surface area contributed by atoms with Crippen molar-refractivity contribution in [1.29, 1.82) is 0 Å². The molecule has 0 atom stereocenters. The Morgan fingerprint density at radius 2 is 1.86 bits per heavy atom. The van der Waals surface area contributed by atoms with Gasteiger partial charge in [0.25, 0.3) is 0 Å². The molecule has 0 unspecified atom stereocenters. The summed E-state index contributed by atoms with van der Waals surface area (Å²) in [5, 5.41) is 3.33. The lowest BCUT2D eigenvalue weighted by atomic mass is 10.0. The van der Waals surface area contributed by atoms with Crippen LogP contribution in [0.25, 0.3) is 16.8 Å². The number of anilines is 2. The van der Waals surface area contributed by atoms with Gasteiger partial charge < -0.3 is 19.9 Å². The molecule has 1 aromatic carbocycles. The van der Waals surface area contributed by atoms with E-state index in [1.807, 2.05) is 30.6 Å². The van der Waals surface area contributed by atoms with Gasteiger partial charge in [0.05, 0.1) is 12.3 Å². The number of nitrogens with zero attached hydrogens (tertiary/aromatic N) is 6. The molecule has 0 radical (unpaired) electrons. The highest BCUT2D eigenvalue weighted by molar-refractivity contribution is 5.80. The van der Waals surface area contributed by atoms with Crippen molar-refractivity contribution in [3.8, 4) is 16.9 Å². The Labute approximate surface area is 209 Å². The average molecular weight is 488 g/mol. The molecule has 0 saturated carbocycles. The zero-order valence-corrected chi connectivity index (χ0v) is 20.9. The third-order valence-electron chi connectivity index (χ3n) is 7.16. The molecule has 0 bridgehead atoms. The molecule has 186 valence electrons. The number of aryl methyl sites for hydroxylation is 2. The first-order chi connectivity index (χ1) is 17.5. The second-order valence-electron chi connectivity index (χ2n) is 9.62. The monoisotopic (exact) mass is 487 g/mol. The van der Waals surface area contributed by atoms with Crippen molar-refractivity contribution < 1.29 is 9.13 Å². The van der Waals surface area contributed by atoms with E-state index in [-0.39, 0.29) is 5.82 Å². The predicted octanol–water partition coefficient (Wildman–Crippen LogP) is 3.85. The minimum Gasteiger partial charge on any atom is -0.493 e. The van der Waals surface area contributed by atoms with Crippen LogP contribution in [0.4, 0.5) is 16.2 Å². The maximum absolute atomic E-state index is 14.6. The van der Waals surface area contributed by atoms with Crippen LogP contribution < -0.4 is 15.0 Å². The van der Waals surface area contributed by atoms with E-state index in [1.165, 1.54) is 6.07 Å². The van der Waals surface area contributed by atoms with Crippen LogP contribution in [0.3, 0.4) is 0 Å². The molecule has 5 heterocycles. The molecule has 0 aliphatic carbocycles. The predicted molar refractivity (Wildman–Crippen MR) is 138 cm³/mol. The second kappa shape index (κ2) is 9.05. The van der Waals surface area contributed by atoms with E-state index in [1.54, 1.807) is 6.07 Å². The lowest BCUT2D eigenvalue weighted by molar-refractivity contribution is 0.312. The fourth-order valence-electron chi connectivity index (χ4n) is 5.13. The maximum atomic E-state index is 14.6. The summed E-state index contributed by atoms with van der Waals surface area (Å²) in [6.45, 7) is 8.94. The molecule has 8 nitrogen and oxygen atoms in total. The third kappa shape index (κ3) is 4.03. The van der Waals surface area contributed by atoms with Crippen molar-refractivity contribution >= 4 is 17.4 Å². The van der Waals surface area contributed by atoms with Crippen molar-refractivity contribution in [3.63, 3.8) is 0 Å². The van der Waals surface area contributed by atoms with E-state index in [0.29, 0.717) is 31.1 Å². The van der Waals surface area contributed by atoms with Crippen LogP contribution in [-0.4, -0.2) is 64.1 Å². The Morgan fingerprint density at radius 3 is 2.67 bits per heavy atom. The minimum absolute atomic E-state index is 0.233. The molecule has 0 spiro atoms. The molecular weight excluding hydrogens is 457 g/mol. The number of piperazine rings is 1. The maximum Gasteiger partial charge on any atom is 0.208 e. The molecule has 0 amide bonds. The van der Waals surface area contributed by atoms with Crippen molar-refractivity contribution in [3.05, 3.63) is 65.0 Å². The van der Waals surface area contributed by atoms with Crippen LogP contribution in [-0.2, 0) is 13.0 Å². The lowest BCUT2D eigenvalue weighted by Gasteiger charge is -2.33. The molecule has 36 heavy (non-hydrogen) atoms. The first-order valence-electron chi connectivity index (χ1n) is 12.4. The summed E-state index contributed by atoms with van der Waals surface area (Å²) in [4.78, 5) is 19.1. The molecule has 1 N–H and O–H groups in total. The van der Waals surface area contributed by atoms with E-state index >= 15 is 0 Å². The summed E-state index contributed by atoms with van der Waals surface area (Å²) in [6.07, 6.45) is 4.50. The molecular formula is C27H30FN7O. The second-order valence-corrected chi connectivity index (χ2v) is 9.62. The number of hydrogen-bond donors (Lipinski definition) is 1. The highest BCUT2D eigenvalue weighted by atomic mass is 19.1. The van der Waals surface area contributed by atoms with Gasteiger partial charge in [0.2, 0.25) is 5.95 Å². The van der Waals surface area contributed by atoms with Crippen LogP contribution in [0.2, 0.25) is 0 Å². The summed E-state index contributed by atoms with van der Waals surface area (Å²) in [5.74, 6) is 2.16. The van der Waals surface area contributed by atoms with Crippen LogP contribution in [0.5, 0.6) is 5.75 Å². The molecule has 2 aliphatic rings. The number of fused-ring (bicyclic) bond motifs is 2. The summed E-state index contributed by atoms with van der Waals surface area (Å²) in [5.41, 5.74) is 6.10. The van der Waals surface area contributed by atoms with Gasteiger partial charge in [0, 0.05) is 79.5 Å². The SMILES string of the molecule is Cc1cn2c(NCc3c(F)ccc4c3CCO4)ncc(-c3ccc(N4CCN(C)CC4)nc3C)c2n1. The number of halogens is 1. The standard InChI is InChI=1S/C27H30FN7O/c1-17-16-35-26(31-17)22(19-4-7-25(32-18(19)2)34-11-9-33(3)10-12-34)15-30-27(35)29-14-21-20-8-13-36-24(20)6-5-23(21)28/h4-7,15-16H,8-14H2,1-3H3,(H,29,30). The molecule has 2 aliphatic heterocycles. The minimum atomic E-state index is -0.233. The summed E-state index contributed by atoms with van der Waals surface area (Å²) < 4.78 is 22.2. The number of hydrogen-bond acceptors (Lipinski definition) is 7. The number of imidazole rings is 1. The number of rotatable bonds is 5. The highest BCUT2D eigenvalue weighted by Crippen LogP contribution is 2.32. The van der Waals surface area contributed by atoms with Gasteiger partial charge in [-0.25, -0.2) is 19.3 Å². The Bertz CT molecular complexity index is 1440. The fourth-order valence-corrected chi connectivity index (χ4v) is 5.13. The van der Waals surface area contributed by atoms with Gasteiger partial charge in [-0.05, 0) is 45.2 Å². The van der Waals surface area contributed by atoms with Gasteiger partial charge in [0.15, 0.2) is 0 Å². The molecule has 4 aromatic rings. The number of benzene rings is 1. The highest BCUT2D eigenvalue weighted by Gasteiger charge is 2.21. The van der Waals surface area contributed by atoms with E-state index in [0.717, 1.165) is 71.5 Å². The van der Waals surface area contributed by atoms with E-state index < -0.39 is 0 Å². The van der Waals surface area contributed by atoms with Crippen molar-refractivity contribution in [1.82, 2.24) is 24.3 Å². The summed E-state index contributed by atoms with van der Waals surface area (Å²) >= 11 is 0. The van der Waals surface area contributed by atoms with Crippen LogP contribution in [0, 0.1) is 19.7 Å².